The molecule has 5 nitrogen and oxygen atoms in total. The summed E-state index contributed by atoms with van der Waals surface area (Å²) in [6.45, 7) is 5.67. The van der Waals surface area contributed by atoms with Gasteiger partial charge in [-0.2, -0.15) is 0 Å². The number of urea groups is 1. The van der Waals surface area contributed by atoms with Crippen molar-refractivity contribution in [3.8, 4) is 0 Å². The molecule has 0 radical (unpaired) electrons. The smallest absolute Gasteiger partial charge is 0.328 e. The third kappa shape index (κ3) is 2.38. The molecule has 0 aliphatic carbocycles. The van der Waals surface area contributed by atoms with Crippen molar-refractivity contribution in [3.05, 3.63) is 23.0 Å². The largest absolute Gasteiger partial charge is 0.388 e. The second-order valence-corrected chi connectivity index (χ2v) is 5.01. The standard InChI is InChI=1S/C11H15BrN2O3/c1-3-7-4-9(15)10(17-7)14-5-8(12)6(2)13-11(14)16/h5,7,9-10,15H,2-4H2,1H3,(H,13,16)/t7-,9-,10-/m1/s1. The molecule has 0 saturated carbocycles. The maximum absolute atomic E-state index is 11.8. The van der Waals surface area contributed by atoms with Crippen molar-refractivity contribution in [2.75, 3.05) is 0 Å². The summed E-state index contributed by atoms with van der Waals surface area (Å²) < 4.78 is 6.31. The van der Waals surface area contributed by atoms with E-state index in [0.29, 0.717) is 16.6 Å². The lowest BCUT2D eigenvalue weighted by atomic mass is 10.1. The highest BCUT2D eigenvalue weighted by Crippen LogP contribution is 2.29. The van der Waals surface area contributed by atoms with E-state index in [4.69, 9.17) is 4.74 Å². The third-order valence-electron chi connectivity index (χ3n) is 2.93. The van der Waals surface area contributed by atoms with Crippen LogP contribution in [-0.4, -0.2) is 34.5 Å². The molecule has 2 aliphatic rings. The van der Waals surface area contributed by atoms with Crippen LogP contribution in [0.4, 0.5) is 4.79 Å². The van der Waals surface area contributed by atoms with Crippen LogP contribution in [0.2, 0.25) is 0 Å². The molecule has 0 unspecified atom stereocenters. The summed E-state index contributed by atoms with van der Waals surface area (Å²) >= 11 is 3.29. The number of amides is 2. The van der Waals surface area contributed by atoms with Crippen LogP contribution < -0.4 is 5.32 Å². The first-order valence-corrected chi connectivity index (χ1v) is 6.31. The van der Waals surface area contributed by atoms with E-state index in [1.54, 1.807) is 6.20 Å². The Balaban J connectivity index is 2.17. The normalized spacial score (nSPS) is 33.7. The van der Waals surface area contributed by atoms with Crippen LogP contribution in [0.3, 0.4) is 0 Å². The van der Waals surface area contributed by atoms with Crippen LogP contribution in [0.1, 0.15) is 19.8 Å². The maximum Gasteiger partial charge on any atom is 0.328 e. The molecule has 0 bridgehead atoms. The van der Waals surface area contributed by atoms with Crippen LogP contribution in [0.25, 0.3) is 0 Å². The van der Waals surface area contributed by atoms with Crippen molar-refractivity contribution >= 4 is 22.0 Å². The number of halogens is 1. The molecule has 0 spiro atoms. The lowest BCUT2D eigenvalue weighted by molar-refractivity contribution is -0.0537. The average Bonchev–Trinajstić information content (AvgIpc) is 2.65. The van der Waals surface area contributed by atoms with Crippen molar-refractivity contribution in [1.82, 2.24) is 10.2 Å². The van der Waals surface area contributed by atoms with Crippen molar-refractivity contribution in [1.29, 1.82) is 0 Å². The Bertz CT molecular complexity index is 383. The summed E-state index contributed by atoms with van der Waals surface area (Å²) in [4.78, 5) is 13.1. The number of hydrogen-bond acceptors (Lipinski definition) is 3. The second-order valence-electron chi connectivity index (χ2n) is 4.15. The number of rotatable bonds is 2. The molecule has 2 aliphatic heterocycles. The van der Waals surface area contributed by atoms with E-state index in [-0.39, 0.29) is 12.1 Å². The molecule has 1 saturated heterocycles. The fourth-order valence-electron chi connectivity index (χ4n) is 1.94. The molecule has 0 aromatic heterocycles. The number of nitrogens with zero attached hydrogens (tertiary/aromatic N) is 1. The summed E-state index contributed by atoms with van der Waals surface area (Å²) in [5.74, 6) is 0. The molecule has 94 valence electrons. The topological polar surface area (TPSA) is 61.8 Å². The molecule has 2 heterocycles. The Labute approximate surface area is 108 Å². The fraction of sp³-hybridized carbons (Fsp3) is 0.545. The van der Waals surface area contributed by atoms with Gasteiger partial charge in [0.25, 0.3) is 0 Å². The van der Waals surface area contributed by atoms with Gasteiger partial charge in [0, 0.05) is 12.6 Å². The first-order chi connectivity index (χ1) is 8.02. The average molecular weight is 303 g/mol. The quantitative estimate of drug-likeness (QED) is 0.815. The van der Waals surface area contributed by atoms with E-state index in [0.717, 1.165) is 6.42 Å². The van der Waals surface area contributed by atoms with Gasteiger partial charge in [-0.05, 0) is 22.4 Å². The Kier molecular flexibility index (Phi) is 3.56. The van der Waals surface area contributed by atoms with Gasteiger partial charge in [0.1, 0.15) is 6.10 Å². The van der Waals surface area contributed by atoms with Crippen LogP contribution in [0, 0.1) is 0 Å². The zero-order valence-corrected chi connectivity index (χ0v) is 11.1. The first kappa shape index (κ1) is 12.6. The lowest BCUT2D eigenvalue weighted by Crippen LogP contribution is -2.49. The number of nitrogens with one attached hydrogen (secondary N) is 1. The molecular formula is C11H15BrN2O3. The second kappa shape index (κ2) is 4.80. The Hall–Kier alpha value is -0.850. The predicted molar refractivity (Wildman–Crippen MR) is 66.1 cm³/mol. The highest BCUT2D eigenvalue weighted by molar-refractivity contribution is 9.12. The minimum absolute atomic E-state index is 0.0000959. The van der Waals surface area contributed by atoms with Gasteiger partial charge in [0.05, 0.1) is 16.3 Å². The van der Waals surface area contributed by atoms with Crippen molar-refractivity contribution < 1.29 is 14.6 Å². The minimum atomic E-state index is -0.659. The van der Waals surface area contributed by atoms with Gasteiger partial charge in [-0.15, -0.1) is 0 Å². The van der Waals surface area contributed by atoms with E-state index in [1.807, 2.05) is 6.92 Å². The number of hydrogen-bond donors (Lipinski definition) is 2. The van der Waals surface area contributed by atoms with Crippen molar-refractivity contribution in [2.45, 2.75) is 38.2 Å². The number of ether oxygens (including phenoxy) is 1. The van der Waals surface area contributed by atoms with E-state index in [1.165, 1.54) is 4.90 Å². The van der Waals surface area contributed by atoms with Gasteiger partial charge in [-0.25, -0.2) is 4.79 Å². The Morgan fingerprint density at radius 2 is 2.47 bits per heavy atom. The van der Waals surface area contributed by atoms with Crippen molar-refractivity contribution in [2.24, 2.45) is 0 Å². The molecule has 2 rings (SSSR count). The van der Waals surface area contributed by atoms with Gasteiger partial charge in [-0.3, -0.25) is 4.90 Å². The minimum Gasteiger partial charge on any atom is -0.388 e. The fourth-order valence-corrected chi connectivity index (χ4v) is 2.26. The molecule has 17 heavy (non-hydrogen) atoms. The lowest BCUT2D eigenvalue weighted by Gasteiger charge is -2.31. The van der Waals surface area contributed by atoms with E-state index in [2.05, 4.69) is 27.8 Å². The predicted octanol–water partition coefficient (Wildman–Crippen LogP) is 1.65. The molecular weight excluding hydrogens is 288 g/mol. The van der Waals surface area contributed by atoms with Crippen LogP contribution in [0.15, 0.2) is 23.0 Å². The monoisotopic (exact) mass is 302 g/mol. The van der Waals surface area contributed by atoms with Crippen LogP contribution >= 0.6 is 15.9 Å². The summed E-state index contributed by atoms with van der Waals surface area (Å²) in [6.07, 6.45) is 1.68. The Morgan fingerprint density at radius 1 is 1.76 bits per heavy atom. The Morgan fingerprint density at radius 3 is 3.06 bits per heavy atom. The molecule has 2 amide bonds. The van der Waals surface area contributed by atoms with Crippen LogP contribution in [-0.2, 0) is 4.74 Å². The molecule has 3 atom stereocenters. The van der Waals surface area contributed by atoms with E-state index in [9.17, 15) is 9.90 Å². The summed E-state index contributed by atoms with van der Waals surface area (Å²) in [5.41, 5.74) is 0.505. The summed E-state index contributed by atoms with van der Waals surface area (Å²) in [7, 11) is 0. The van der Waals surface area contributed by atoms with Crippen LogP contribution in [0.5, 0.6) is 0 Å². The molecule has 6 heteroatoms. The highest BCUT2D eigenvalue weighted by Gasteiger charge is 2.40. The maximum atomic E-state index is 11.8. The summed E-state index contributed by atoms with van der Waals surface area (Å²) in [5, 5.41) is 12.5. The zero-order valence-electron chi connectivity index (χ0n) is 9.52. The van der Waals surface area contributed by atoms with E-state index >= 15 is 0 Å². The molecule has 2 N–H and O–H groups in total. The number of aliphatic hydroxyl groups is 1. The SMILES string of the molecule is C=C1NC(=O)N([C@@H]2O[C@H](CC)C[C@H]2O)C=C1Br. The number of allylic oxidation sites excluding steroid dienone is 1. The van der Waals surface area contributed by atoms with E-state index < -0.39 is 12.3 Å². The molecule has 0 aromatic carbocycles. The highest BCUT2D eigenvalue weighted by atomic mass is 79.9. The zero-order chi connectivity index (χ0) is 12.6. The number of carbonyl (C=O) groups is 1. The van der Waals surface area contributed by atoms with Gasteiger partial charge in [-0.1, -0.05) is 13.5 Å². The molecule has 0 aromatic rings. The van der Waals surface area contributed by atoms with Crippen molar-refractivity contribution in [3.63, 3.8) is 0 Å². The van der Waals surface area contributed by atoms with Gasteiger partial charge < -0.3 is 15.2 Å². The first-order valence-electron chi connectivity index (χ1n) is 5.52. The number of aliphatic hydroxyl groups excluding tert-OH is 1. The van der Waals surface area contributed by atoms with Gasteiger partial charge in [0.15, 0.2) is 6.23 Å². The third-order valence-corrected chi connectivity index (χ3v) is 3.61. The van der Waals surface area contributed by atoms with Gasteiger partial charge in [0.2, 0.25) is 0 Å². The summed E-state index contributed by atoms with van der Waals surface area (Å²) in [6, 6.07) is -0.334. The number of carbonyl (C=O) groups excluding carboxylic acids is 1. The van der Waals surface area contributed by atoms with Gasteiger partial charge >= 0.3 is 6.03 Å². The molecule has 1 fully saturated rings.